The lowest BCUT2D eigenvalue weighted by Gasteiger charge is -2.10. The van der Waals surface area contributed by atoms with Gasteiger partial charge < -0.3 is 10.4 Å². The van der Waals surface area contributed by atoms with Gasteiger partial charge in [0.05, 0.1) is 21.3 Å². The predicted molar refractivity (Wildman–Crippen MR) is 138 cm³/mol. The molecule has 0 saturated heterocycles. The molecule has 0 unspecified atom stereocenters. The van der Waals surface area contributed by atoms with E-state index in [4.69, 9.17) is 28.2 Å². The SMILES string of the molecule is CC(C)Cc1sc(Nc2ccc(-c3ccccc3)c(C(=O)O)c2)nc1-c1ccc(Cl)c(Cl)c1. The Balaban J connectivity index is 1.70. The number of carboxylic acid groups (broad SMARTS) is 1. The van der Waals surface area contributed by atoms with E-state index in [9.17, 15) is 9.90 Å². The molecule has 1 heterocycles. The van der Waals surface area contributed by atoms with Crippen LogP contribution in [0.15, 0.2) is 66.7 Å². The second-order valence-corrected chi connectivity index (χ2v) is 9.97. The number of carboxylic acids is 1. The van der Waals surface area contributed by atoms with Crippen molar-refractivity contribution in [2.45, 2.75) is 20.3 Å². The molecule has 0 fully saturated rings. The van der Waals surface area contributed by atoms with E-state index in [0.29, 0.717) is 32.3 Å². The van der Waals surface area contributed by atoms with Gasteiger partial charge in [-0.2, -0.15) is 0 Å². The number of aromatic carboxylic acids is 1. The van der Waals surface area contributed by atoms with Crippen molar-refractivity contribution in [1.82, 2.24) is 4.98 Å². The molecule has 0 atom stereocenters. The molecule has 0 amide bonds. The first-order valence-electron chi connectivity index (χ1n) is 10.5. The largest absolute Gasteiger partial charge is 0.478 e. The minimum Gasteiger partial charge on any atom is -0.478 e. The first-order chi connectivity index (χ1) is 15.8. The number of hydrogen-bond donors (Lipinski definition) is 2. The van der Waals surface area contributed by atoms with Crippen molar-refractivity contribution in [3.63, 3.8) is 0 Å². The summed E-state index contributed by atoms with van der Waals surface area (Å²) in [5.74, 6) is -0.530. The smallest absolute Gasteiger partial charge is 0.336 e. The molecule has 3 aromatic carbocycles. The fourth-order valence-electron chi connectivity index (χ4n) is 3.58. The molecule has 1 aromatic heterocycles. The Labute approximate surface area is 206 Å². The highest BCUT2D eigenvalue weighted by Crippen LogP contribution is 2.37. The topological polar surface area (TPSA) is 62.2 Å². The molecule has 0 aliphatic carbocycles. The highest BCUT2D eigenvalue weighted by atomic mass is 35.5. The molecule has 0 aliphatic rings. The average molecular weight is 497 g/mol. The molecule has 2 N–H and O–H groups in total. The molecule has 0 spiro atoms. The van der Waals surface area contributed by atoms with Crippen molar-refractivity contribution in [2.75, 3.05) is 5.32 Å². The summed E-state index contributed by atoms with van der Waals surface area (Å²) in [5.41, 5.74) is 4.18. The van der Waals surface area contributed by atoms with Crippen LogP contribution >= 0.6 is 34.5 Å². The summed E-state index contributed by atoms with van der Waals surface area (Å²) in [4.78, 5) is 17.9. The number of thiazole rings is 1. The molecule has 168 valence electrons. The minimum absolute atomic E-state index is 0.231. The second kappa shape index (κ2) is 9.96. The Hall–Kier alpha value is -2.86. The van der Waals surface area contributed by atoms with Crippen molar-refractivity contribution < 1.29 is 9.90 Å². The van der Waals surface area contributed by atoms with Gasteiger partial charge in [0.15, 0.2) is 5.13 Å². The van der Waals surface area contributed by atoms with Crippen LogP contribution in [-0.4, -0.2) is 16.1 Å². The highest BCUT2D eigenvalue weighted by molar-refractivity contribution is 7.16. The highest BCUT2D eigenvalue weighted by Gasteiger charge is 2.17. The van der Waals surface area contributed by atoms with Gasteiger partial charge in [0.2, 0.25) is 0 Å². The van der Waals surface area contributed by atoms with Gasteiger partial charge in [0.1, 0.15) is 0 Å². The van der Waals surface area contributed by atoms with E-state index < -0.39 is 5.97 Å². The third kappa shape index (κ3) is 5.38. The summed E-state index contributed by atoms with van der Waals surface area (Å²) in [7, 11) is 0. The number of aromatic nitrogens is 1. The van der Waals surface area contributed by atoms with Crippen molar-refractivity contribution in [1.29, 1.82) is 0 Å². The molecular weight excluding hydrogens is 475 g/mol. The zero-order valence-electron chi connectivity index (χ0n) is 18.1. The Kier molecular flexibility index (Phi) is 7.03. The first-order valence-corrected chi connectivity index (χ1v) is 12.0. The number of carbonyl (C=O) groups is 1. The molecule has 0 aliphatic heterocycles. The van der Waals surface area contributed by atoms with Crippen LogP contribution in [0.25, 0.3) is 22.4 Å². The predicted octanol–water partition coefficient (Wildman–Crippen LogP) is 8.42. The molecular formula is C26H22Cl2N2O2S. The average Bonchev–Trinajstić information content (AvgIpc) is 3.17. The van der Waals surface area contributed by atoms with E-state index in [-0.39, 0.29) is 5.56 Å². The van der Waals surface area contributed by atoms with Gasteiger partial charge in [0, 0.05) is 16.1 Å². The normalized spacial score (nSPS) is 11.1. The van der Waals surface area contributed by atoms with Gasteiger partial charge >= 0.3 is 5.97 Å². The van der Waals surface area contributed by atoms with Gasteiger partial charge in [-0.1, -0.05) is 79.5 Å². The van der Waals surface area contributed by atoms with Crippen LogP contribution in [-0.2, 0) is 6.42 Å². The number of anilines is 2. The van der Waals surface area contributed by atoms with Crippen LogP contribution in [0.2, 0.25) is 10.0 Å². The second-order valence-electron chi connectivity index (χ2n) is 8.07. The number of nitrogens with zero attached hydrogens (tertiary/aromatic N) is 1. The van der Waals surface area contributed by atoms with E-state index in [2.05, 4.69) is 19.2 Å². The Morgan fingerprint density at radius 2 is 1.76 bits per heavy atom. The van der Waals surface area contributed by atoms with Crippen molar-refractivity contribution in [3.05, 3.63) is 87.2 Å². The number of halogens is 2. The summed E-state index contributed by atoms with van der Waals surface area (Å²) in [6.07, 6.45) is 0.863. The molecule has 0 radical (unpaired) electrons. The molecule has 4 nitrogen and oxygen atoms in total. The number of hydrogen-bond acceptors (Lipinski definition) is 4. The number of rotatable bonds is 7. The van der Waals surface area contributed by atoms with Crippen molar-refractivity contribution in [2.24, 2.45) is 5.92 Å². The van der Waals surface area contributed by atoms with E-state index in [1.54, 1.807) is 23.5 Å². The summed E-state index contributed by atoms with van der Waals surface area (Å²) in [6.45, 7) is 4.32. The van der Waals surface area contributed by atoms with Gasteiger partial charge in [-0.05, 0) is 47.7 Å². The Morgan fingerprint density at radius 3 is 2.42 bits per heavy atom. The van der Waals surface area contributed by atoms with Crippen LogP contribution < -0.4 is 5.32 Å². The molecule has 0 bridgehead atoms. The lowest BCUT2D eigenvalue weighted by Crippen LogP contribution is -2.01. The third-order valence-corrected chi connectivity index (χ3v) is 6.80. The van der Waals surface area contributed by atoms with E-state index in [1.807, 2.05) is 54.6 Å². The van der Waals surface area contributed by atoms with Gasteiger partial charge in [-0.15, -0.1) is 11.3 Å². The van der Waals surface area contributed by atoms with Gasteiger partial charge in [-0.3, -0.25) is 0 Å². The number of nitrogens with one attached hydrogen (secondary N) is 1. The lowest BCUT2D eigenvalue weighted by molar-refractivity contribution is 0.0698. The summed E-state index contributed by atoms with van der Waals surface area (Å²) in [5, 5.41) is 14.8. The fourth-order valence-corrected chi connectivity index (χ4v) is 5.09. The van der Waals surface area contributed by atoms with Crippen LogP contribution in [0.4, 0.5) is 10.8 Å². The monoisotopic (exact) mass is 496 g/mol. The van der Waals surface area contributed by atoms with Gasteiger partial charge in [-0.25, -0.2) is 9.78 Å². The molecule has 0 saturated carbocycles. The first kappa shape index (κ1) is 23.3. The van der Waals surface area contributed by atoms with Crippen LogP contribution in [0, 0.1) is 5.92 Å². The van der Waals surface area contributed by atoms with Crippen molar-refractivity contribution in [3.8, 4) is 22.4 Å². The zero-order valence-corrected chi connectivity index (χ0v) is 20.4. The summed E-state index contributed by atoms with van der Waals surface area (Å²) >= 11 is 13.9. The maximum atomic E-state index is 12.0. The standard InChI is InChI=1S/C26H22Cl2N2O2S/c1-15(2)12-23-24(17-8-11-21(27)22(28)13-17)30-26(33-23)29-18-9-10-19(20(14-18)25(31)32)16-6-4-3-5-7-16/h3-11,13-15H,12H2,1-2H3,(H,29,30)(H,31,32). The third-order valence-electron chi connectivity index (χ3n) is 5.07. The summed E-state index contributed by atoms with van der Waals surface area (Å²) in [6, 6.07) is 20.3. The van der Waals surface area contributed by atoms with Crippen LogP contribution in [0.5, 0.6) is 0 Å². The lowest BCUT2D eigenvalue weighted by atomic mass is 9.99. The van der Waals surface area contributed by atoms with E-state index >= 15 is 0 Å². The zero-order chi connectivity index (χ0) is 23.5. The molecule has 33 heavy (non-hydrogen) atoms. The minimum atomic E-state index is -0.978. The van der Waals surface area contributed by atoms with Crippen molar-refractivity contribution >= 4 is 51.3 Å². The number of benzene rings is 3. The maximum Gasteiger partial charge on any atom is 0.336 e. The molecule has 4 aromatic rings. The maximum absolute atomic E-state index is 12.0. The van der Waals surface area contributed by atoms with Crippen LogP contribution in [0.1, 0.15) is 29.1 Å². The van der Waals surface area contributed by atoms with E-state index in [1.165, 1.54) is 0 Å². The quantitative estimate of drug-likeness (QED) is 0.269. The Morgan fingerprint density at radius 1 is 1.00 bits per heavy atom. The Bertz CT molecular complexity index is 1300. The van der Waals surface area contributed by atoms with Gasteiger partial charge in [0.25, 0.3) is 0 Å². The molecule has 4 rings (SSSR count). The van der Waals surface area contributed by atoms with E-state index in [0.717, 1.165) is 28.1 Å². The fraction of sp³-hybridized carbons (Fsp3) is 0.154. The van der Waals surface area contributed by atoms with Crippen LogP contribution in [0.3, 0.4) is 0 Å². The summed E-state index contributed by atoms with van der Waals surface area (Å²) < 4.78 is 0. The molecule has 7 heteroatoms.